The molecule has 158 valence electrons. The SMILES string of the molecule is O=C(N[C@@H]1C=CS(=O)(=O)C1)c1ccc(-c2ccccc2CCc2ccccc2)[nH]c1=O. The van der Waals surface area contributed by atoms with E-state index in [0.29, 0.717) is 5.69 Å². The molecule has 3 aromatic rings. The van der Waals surface area contributed by atoms with Crippen LogP contribution >= 0.6 is 0 Å². The molecular formula is C24H22N2O4S. The number of rotatable bonds is 6. The van der Waals surface area contributed by atoms with Gasteiger partial charge in [0, 0.05) is 16.7 Å². The molecule has 7 heteroatoms. The van der Waals surface area contributed by atoms with Gasteiger partial charge in [-0.05, 0) is 42.2 Å². The summed E-state index contributed by atoms with van der Waals surface area (Å²) in [4.78, 5) is 27.8. The maximum absolute atomic E-state index is 12.6. The first-order valence-corrected chi connectivity index (χ1v) is 11.7. The number of aromatic amines is 1. The van der Waals surface area contributed by atoms with Crippen LogP contribution in [0, 0.1) is 0 Å². The van der Waals surface area contributed by atoms with Crippen LogP contribution in [-0.2, 0) is 22.7 Å². The number of aromatic nitrogens is 1. The molecule has 0 fully saturated rings. The van der Waals surface area contributed by atoms with Gasteiger partial charge >= 0.3 is 0 Å². The molecule has 1 atom stereocenters. The molecule has 0 spiro atoms. The van der Waals surface area contributed by atoms with Gasteiger partial charge in [-0.15, -0.1) is 0 Å². The molecule has 2 N–H and O–H groups in total. The van der Waals surface area contributed by atoms with Crippen molar-refractivity contribution in [2.75, 3.05) is 5.75 Å². The highest BCUT2D eigenvalue weighted by molar-refractivity contribution is 7.94. The van der Waals surface area contributed by atoms with Crippen LogP contribution in [0.2, 0.25) is 0 Å². The fourth-order valence-corrected chi connectivity index (χ4v) is 4.88. The first kappa shape index (κ1) is 20.8. The number of carbonyl (C=O) groups excluding carboxylic acids is 1. The summed E-state index contributed by atoms with van der Waals surface area (Å²) in [5.41, 5.74) is 3.31. The van der Waals surface area contributed by atoms with Crippen LogP contribution in [0.1, 0.15) is 21.5 Å². The number of aryl methyl sites for hydroxylation is 2. The van der Waals surface area contributed by atoms with Crippen molar-refractivity contribution in [2.45, 2.75) is 18.9 Å². The lowest BCUT2D eigenvalue weighted by Crippen LogP contribution is -2.38. The molecule has 0 saturated heterocycles. The second kappa shape index (κ2) is 8.73. The molecule has 2 aromatic carbocycles. The monoisotopic (exact) mass is 434 g/mol. The molecule has 0 radical (unpaired) electrons. The number of pyridine rings is 1. The van der Waals surface area contributed by atoms with Gasteiger partial charge < -0.3 is 10.3 Å². The lowest BCUT2D eigenvalue weighted by Gasteiger charge is -2.12. The fraction of sp³-hybridized carbons (Fsp3) is 0.167. The number of H-pyrrole nitrogens is 1. The van der Waals surface area contributed by atoms with Crippen molar-refractivity contribution in [3.05, 3.63) is 105 Å². The quantitative estimate of drug-likeness (QED) is 0.624. The third-order valence-corrected chi connectivity index (χ3v) is 6.63. The second-order valence-corrected chi connectivity index (χ2v) is 9.43. The highest BCUT2D eigenvalue weighted by Gasteiger charge is 2.24. The van der Waals surface area contributed by atoms with Crippen molar-refractivity contribution >= 4 is 15.7 Å². The van der Waals surface area contributed by atoms with E-state index in [-0.39, 0.29) is 11.3 Å². The molecule has 0 unspecified atom stereocenters. The van der Waals surface area contributed by atoms with E-state index < -0.39 is 27.3 Å². The highest BCUT2D eigenvalue weighted by atomic mass is 32.2. The topological polar surface area (TPSA) is 96.1 Å². The van der Waals surface area contributed by atoms with Crippen molar-refractivity contribution in [3.63, 3.8) is 0 Å². The normalized spacial score (nSPS) is 16.8. The number of benzene rings is 2. The summed E-state index contributed by atoms with van der Waals surface area (Å²) in [5.74, 6) is -0.791. The minimum absolute atomic E-state index is 0.0526. The fourth-order valence-electron chi connectivity index (χ4n) is 3.65. The van der Waals surface area contributed by atoms with E-state index in [1.807, 2.05) is 42.5 Å². The Balaban J connectivity index is 1.52. The predicted molar refractivity (Wildman–Crippen MR) is 121 cm³/mol. The maximum Gasteiger partial charge on any atom is 0.261 e. The Labute approximate surface area is 180 Å². The molecular weight excluding hydrogens is 412 g/mol. The first-order valence-electron chi connectivity index (χ1n) is 9.99. The van der Waals surface area contributed by atoms with Gasteiger partial charge in [0.25, 0.3) is 11.5 Å². The molecule has 2 heterocycles. The van der Waals surface area contributed by atoms with Crippen molar-refractivity contribution in [2.24, 2.45) is 0 Å². The zero-order chi connectivity index (χ0) is 21.8. The zero-order valence-electron chi connectivity index (χ0n) is 16.7. The van der Waals surface area contributed by atoms with E-state index in [4.69, 9.17) is 0 Å². The summed E-state index contributed by atoms with van der Waals surface area (Å²) in [5, 5.41) is 3.66. The Morgan fingerprint density at radius 1 is 0.968 bits per heavy atom. The van der Waals surface area contributed by atoms with Crippen LogP contribution in [-0.4, -0.2) is 31.1 Å². The molecule has 1 aromatic heterocycles. The summed E-state index contributed by atoms with van der Waals surface area (Å²) < 4.78 is 23.0. The third kappa shape index (κ3) is 5.00. The molecule has 1 aliphatic heterocycles. The van der Waals surface area contributed by atoms with Gasteiger partial charge in [0.2, 0.25) is 0 Å². The number of amides is 1. The Morgan fingerprint density at radius 2 is 1.71 bits per heavy atom. The maximum atomic E-state index is 12.6. The molecule has 31 heavy (non-hydrogen) atoms. The second-order valence-electron chi connectivity index (χ2n) is 7.50. The van der Waals surface area contributed by atoms with Gasteiger partial charge in [-0.3, -0.25) is 9.59 Å². The van der Waals surface area contributed by atoms with E-state index >= 15 is 0 Å². The lowest BCUT2D eigenvalue weighted by molar-refractivity contribution is 0.0946. The van der Waals surface area contributed by atoms with Crippen LogP contribution < -0.4 is 10.9 Å². The summed E-state index contributed by atoms with van der Waals surface area (Å²) in [6.07, 6.45) is 3.10. The number of carbonyl (C=O) groups is 1. The van der Waals surface area contributed by atoms with Gasteiger partial charge in [-0.25, -0.2) is 8.42 Å². The number of hydrogen-bond acceptors (Lipinski definition) is 4. The Kier molecular flexibility index (Phi) is 5.86. The highest BCUT2D eigenvalue weighted by Crippen LogP contribution is 2.22. The van der Waals surface area contributed by atoms with E-state index in [2.05, 4.69) is 22.4 Å². The van der Waals surface area contributed by atoms with Crippen molar-refractivity contribution < 1.29 is 13.2 Å². The van der Waals surface area contributed by atoms with Crippen LogP contribution in [0.4, 0.5) is 0 Å². The molecule has 1 amide bonds. The summed E-state index contributed by atoms with van der Waals surface area (Å²) in [6.45, 7) is 0. The molecule has 4 rings (SSSR count). The number of sulfone groups is 1. The summed E-state index contributed by atoms with van der Waals surface area (Å²) in [7, 11) is -3.29. The third-order valence-electron chi connectivity index (χ3n) is 5.23. The zero-order valence-corrected chi connectivity index (χ0v) is 17.6. The number of nitrogens with one attached hydrogen (secondary N) is 2. The smallest absolute Gasteiger partial charge is 0.261 e. The van der Waals surface area contributed by atoms with Crippen LogP contribution in [0.25, 0.3) is 11.3 Å². The van der Waals surface area contributed by atoms with Gasteiger partial charge in [0.1, 0.15) is 5.56 Å². The van der Waals surface area contributed by atoms with Crippen LogP contribution in [0.3, 0.4) is 0 Å². The van der Waals surface area contributed by atoms with Crippen LogP contribution in [0.5, 0.6) is 0 Å². The average Bonchev–Trinajstić information content (AvgIpc) is 3.11. The molecule has 0 bridgehead atoms. The summed E-state index contributed by atoms with van der Waals surface area (Å²) in [6, 6.07) is 20.6. The van der Waals surface area contributed by atoms with E-state index in [1.165, 1.54) is 17.7 Å². The number of hydrogen-bond donors (Lipinski definition) is 2. The van der Waals surface area contributed by atoms with Gasteiger partial charge in [-0.1, -0.05) is 54.6 Å². The van der Waals surface area contributed by atoms with Crippen molar-refractivity contribution in [3.8, 4) is 11.3 Å². The average molecular weight is 435 g/mol. The van der Waals surface area contributed by atoms with Gasteiger partial charge in [0.15, 0.2) is 9.84 Å². The summed E-state index contributed by atoms with van der Waals surface area (Å²) >= 11 is 0. The Hall–Kier alpha value is -3.45. The van der Waals surface area contributed by atoms with E-state index in [0.717, 1.165) is 29.4 Å². The first-order chi connectivity index (χ1) is 14.9. The predicted octanol–water partition coefficient (Wildman–Crippen LogP) is 2.87. The van der Waals surface area contributed by atoms with Crippen molar-refractivity contribution in [1.29, 1.82) is 0 Å². The molecule has 6 nitrogen and oxygen atoms in total. The minimum Gasteiger partial charge on any atom is -0.345 e. The van der Waals surface area contributed by atoms with Gasteiger partial charge in [-0.2, -0.15) is 0 Å². The Morgan fingerprint density at radius 3 is 2.42 bits per heavy atom. The molecule has 0 saturated carbocycles. The lowest BCUT2D eigenvalue weighted by atomic mass is 9.97. The van der Waals surface area contributed by atoms with E-state index in [9.17, 15) is 18.0 Å². The Bertz CT molecular complexity index is 1290. The minimum atomic E-state index is -3.29. The largest absolute Gasteiger partial charge is 0.345 e. The van der Waals surface area contributed by atoms with Crippen LogP contribution in [0.15, 0.2) is 83.0 Å². The van der Waals surface area contributed by atoms with Crippen molar-refractivity contribution in [1.82, 2.24) is 10.3 Å². The standard InChI is InChI=1S/C24H22N2O4S/c27-23(25-19-14-15-31(29,30)16-19)21-12-13-22(26-24(21)28)20-9-5-4-8-18(20)11-10-17-6-2-1-3-7-17/h1-9,12-15,19H,10-11,16H2,(H,25,27)(H,26,28)/t19-/m1/s1. The molecule has 0 aliphatic carbocycles. The van der Waals surface area contributed by atoms with Gasteiger partial charge in [0.05, 0.1) is 11.8 Å². The van der Waals surface area contributed by atoms with E-state index in [1.54, 1.807) is 6.07 Å². The molecule has 1 aliphatic rings.